The third-order valence-corrected chi connectivity index (χ3v) is 2.51. The maximum atomic E-state index is 10.9. The standard InChI is InChI=1S/C7H11NO5/c9-1-2-4(10)5(11)3-6(12)8-7(3)13-2/h2-5,7,9-11H,1H2,(H,8,12)/t2-,3+,4-,5-,7+/m1/s1. The molecular formula is C7H11NO5. The first-order valence-electron chi connectivity index (χ1n) is 4.08. The van der Waals surface area contributed by atoms with Crippen LogP contribution in [0.2, 0.25) is 0 Å². The van der Waals surface area contributed by atoms with Gasteiger partial charge in [-0.1, -0.05) is 0 Å². The van der Waals surface area contributed by atoms with Gasteiger partial charge in [0, 0.05) is 0 Å². The number of hydrogen-bond donors (Lipinski definition) is 4. The van der Waals surface area contributed by atoms with Crippen molar-refractivity contribution in [2.75, 3.05) is 6.61 Å². The second-order valence-electron chi connectivity index (χ2n) is 3.29. The summed E-state index contributed by atoms with van der Waals surface area (Å²) in [6.45, 7) is -0.378. The minimum atomic E-state index is -1.20. The van der Waals surface area contributed by atoms with Crippen LogP contribution in [0.5, 0.6) is 0 Å². The van der Waals surface area contributed by atoms with E-state index in [9.17, 15) is 15.0 Å². The topological polar surface area (TPSA) is 99.0 Å². The van der Waals surface area contributed by atoms with E-state index < -0.39 is 30.5 Å². The normalized spacial score (nSPS) is 49.2. The third kappa shape index (κ3) is 1.14. The highest BCUT2D eigenvalue weighted by Gasteiger charge is 2.54. The van der Waals surface area contributed by atoms with Crippen LogP contribution in [0.3, 0.4) is 0 Å². The van der Waals surface area contributed by atoms with Crippen molar-refractivity contribution in [1.29, 1.82) is 0 Å². The van der Waals surface area contributed by atoms with Gasteiger partial charge >= 0.3 is 0 Å². The van der Waals surface area contributed by atoms with E-state index in [0.717, 1.165) is 0 Å². The van der Waals surface area contributed by atoms with Gasteiger partial charge in [-0.15, -0.1) is 0 Å². The van der Waals surface area contributed by atoms with Crippen LogP contribution in [-0.4, -0.2) is 52.4 Å². The molecule has 0 aromatic heterocycles. The van der Waals surface area contributed by atoms with Crippen molar-refractivity contribution in [2.24, 2.45) is 5.92 Å². The monoisotopic (exact) mass is 189 g/mol. The van der Waals surface area contributed by atoms with E-state index in [4.69, 9.17) is 9.84 Å². The Bertz CT molecular complexity index is 233. The first-order chi connectivity index (χ1) is 6.15. The quantitative estimate of drug-likeness (QED) is 0.333. The molecule has 2 saturated heterocycles. The molecule has 2 aliphatic heterocycles. The molecule has 2 aliphatic rings. The van der Waals surface area contributed by atoms with E-state index in [1.165, 1.54) is 0 Å². The molecule has 2 fully saturated rings. The summed E-state index contributed by atoms with van der Waals surface area (Å²) in [7, 11) is 0. The number of rotatable bonds is 1. The van der Waals surface area contributed by atoms with Crippen LogP contribution in [0.25, 0.3) is 0 Å². The second kappa shape index (κ2) is 2.91. The van der Waals surface area contributed by atoms with Gasteiger partial charge in [0.2, 0.25) is 5.91 Å². The molecule has 13 heavy (non-hydrogen) atoms. The summed E-state index contributed by atoms with van der Waals surface area (Å²) in [5.41, 5.74) is 0. The minimum absolute atomic E-state index is 0.326. The Morgan fingerprint density at radius 2 is 2.08 bits per heavy atom. The molecule has 1 amide bonds. The number of hydrogen-bond acceptors (Lipinski definition) is 5. The number of amides is 1. The van der Waals surface area contributed by atoms with Crippen LogP contribution in [0, 0.1) is 5.92 Å². The highest BCUT2D eigenvalue weighted by atomic mass is 16.5. The number of aliphatic hydroxyl groups excluding tert-OH is 3. The van der Waals surface area contributed by atoms with Crippen molar-refractivity contribution in [3.8, 4) is 0 Å². The number of ether oxygens (including phenoxy) is 1. The van der Waals surface area contributed by atoms with Gasteiger partial charge in [0.05, 0.1) is 12.7 Å². The van der Waals surface area contributed by atoms with Crippen molar-refractivity contribution in [1.82, 2.24) is 5.32 Å². The Hall–Kier alpha value is -0.690. The molecule has 0 bridgehead atoms. The van der Waals surface area contributed by atoms with Crippen LogP contribution in [0.4, 0.5) is 0 Å². The van der Waals surface area contributed by atoms with E-state index in [2.05, 4.69) is 5.32 Å². The average Bonchev–Trinajstić information content (AvgIpc) is 2.09. The van der Waals surface area contributed by atoms with E-state index in [1.54, 1.807) is 0 Å². The molecular weight excluding hydrogens is 178 g/mol. The molecule has 0 aromatic carbocycles. The highest BCUT2D eigenvalue weighted by molar-refractivity contribution is 5.86. The van der Waals surface area contributed by atoms with Gasteiger partial charge < -0.3 is 25.4 Å². The van der Waals surface area contributed by atoms with Crippen molar-refractivity contribution in [3.63, 3.8) is 0 Å². The Kier molecular flexibility index (Phi) is 1.99. The molecule has 0 spiro atoms. The zero-order valence-electron chi connectivity index (χ0n) is 6.75. The lowest BCUT2D eigenvalue weighted by Crippen LogP contribution is -2.71. The molecule has 6 nitrogen and oxygen atoms in total. The number of β-lactam (4-membered cyclic amide) rings is 1. The number of carbonyl (C=O) groups excluding carboxylic acids is 1. The Balaban J connectivity index is 2.10. The predicted molar refractivity (Wildman–Crippen MR) is 39.4 cm³/mol. The summed E-state index contributed by atoms with van der Waals surface area (Å²) in [5.74, 6) is -1.02. The van der Waals surface area contributed by atoms with E-state index >= 15 is 0 Å². The summed E-state index contributed by atoms with van der Waals surface area (Å²) in [5, 5.41) is 30.0. The Morgan fingerprint density at radius 1 is 1.38 bits per heavy atom. The van der Waals surface area contributed by atoms with Crippen LogP contribution in [0.15, 0.2) is 0 Å². The predicted octanol–water partition coefficient (Wildman–Crippen LogP) is -2.83. The van der Waals surface area contributed by atoms with E-state index in [-0.39, 0.29) is 12.5 Å². The highest BCUT2D eigenvalue weighted by Crippen LogP contribution is 2.30. The molecule has 0 radical (unpaired) electrons. The SMILES string of the molecule is O=C1N[C@H]2O[C@H](CO)[C@@H](O)[C@H](O)[C@@H]12. The summed E-state index contributed by atoms with van der Waals surface area (Å²) in [6.07, 6.45) is -3.73. The summed E-state index contributed by atoms with van der Waals surface area (Å²) in [4.78, 5) is 10.9. The van der Waals surface area contributed by atoms with Gasteiger partial charge in [-0.25, -0.2) is 0 Å². The molecule has 0 unspecified atom stereocenters. The van der Waals surface area contributed by atoms with Crippen molar-refractivity contribution >= 4 is 5.91 Å². The van der Waals surface area contributed by atoms with Crippen LogP contribution >= 0.6 is 0 Å². The Labute approximate surface area is 74.1 Å². The van der Waals surface area contributed by atoms with Gasteiger partial charge in [0.1, 0.15) is 24.4 Å². The molecule has 0 saturated carbocycles. The van der Waals surface area contributed by atoms with Gasteiger partial charge in [0.15, 0.2) is 0 Å². The molecule has 2 rings (SSSR count). The van der Waals surface area contributed by atoms with Crippen LogP contribution < -0.4 is 5.32 Å². The number of carbonyl (C=O) groups is 1. The Morgan fingerprint density at radius 3 is 2.62 bits per heavy atom. The number of fused-ring (bicyclic) bond motifs is 1. The lowest BCUT2D eigenvalue weighted by atomic mass is 9.84. The summed E-state index contributed by atoms with van der Waals surface area (Å²) >= 11 is 0. The second-order valence-corrected chi connectivity index (χ2v) is 3.29. The van der Waals surface area contributed by atoms with Crippen LogP contribution in [0.1, 0.15) is 0 Å². The lowest BCUT2D eigenvalue weighted by Gasteiger charge is -2.47. The first kappa shape index (κ1) is 8.89. The average molecular weight is 189 g/mol. The zero-order chi connectivity index (χ0) is 9.59. The first-order valence-corrected chi connectivity index (χ1v) is 4.08. The minimum Gasteiger partial charge on any atom is -0.394 e. The summed E-state index contributed by atoms with van der Waals surface area (Å²) in [6, 6.07) is 0. The lowest BCUT2D eigenvalue weighted by molar-refractivity contribution is -0.238. The van der Waals surface area contributed by atoms with Gasteiger partial charge in [-0.3, -0.25) is 4.79 Å². The van der Waals surface area contributed by atoms with Crippen LogP contribution in [-0.2, 0) is 9.53 Å². The zero-order valence-corrected chi connectivity index (χ0v) is 6.75. The van der Waals surface area contributed by atoms with Gasteiger partial charge in [-0.05, 0) is 0 Å². The van der Waals surface area contributed by atoms with Gasteiger partial charge in [-0.2, -0.15) is 0 Å². The molecule has 0 aliphatic carbocycles. The summed E-state index contributed by atoms with van der Waals surface area (Å²) < 4.78 is 5.10. The molecule has 0 aromatic rings. The largest absolute Gasteiger partial charge is 0.394 e. The molecule has 5 atom stereocenters. The van der Waals surface area contributed by atoms with Crippen molar-refractivity contribution < 1.29 is 24.9 Å². The van der Waals surface area contributed by atoms with Crippen molar-refractivity contribution in [2.45, 2.75) is 24.5 Å². The van der Waals surface area contributed by atoms with Gasteiger partial charge in [0.25, 0.3) is 0 Å². The maximum Gasteiger partial charge on any atom is 0.232 e. The fourth-order valence-electron chi connectivity index (χ4n) is 1.67. The van der Waals surface area contributed by atoms with Crippen molar-refractivity contribution in [3.05, 3.63) is 0 Å². The molecule has 2 heterocycles. The number of aliphatic hydroxyl groups is 3. The third-order valence-electron chi connectivity index (χ3n) is 2.51. The fraction of sp³-hybridized carbons (Fsp3) is 0.857. The maximum absolute atomic E-state index is 10.9. The smallest absolute Gasteiger partial charge is 0.232 e. The fourth-order valence-corrected chi connectivity index (χ4v) is 1.67. The number of nitrogens with one attached hydrogen (secondary N) is 1. The molecule has 4 N–H and O–H groups in total. The molecule has 74 valence electrons. The molecule has 6 heteroatoms. The van der Waals surface area contributed by atoms with E-state index in [0.29, 0.717) is 0 Å². The van der Waals surface area contributed by atoms with E-state index in [1.807, 2.05) is 0 Å².